The second kappa shape index (κ2) is 10.9. The zero-order chi connectivity index (χ0) is 22.3. The summed E-state index contributed by atoms with van der Waals surface area (Å²) in [7, 11) is 2.92. The monoisotopic (exact) mass is 442 g/mol. The molecule has 2 rings (SSSR count). The minimum Gasteiger partial charge on any atom is -0.463 e. The number of ketones is 1. The van der Waals surface area contributed by atoms with Crippen molar-refractivity contribution in [3.8, 4) is 0 Å². The van der Waals surface area contributed by atoms with Gasteiger partial charge in [0.15, 0.2) is 5.78 Å². The van der Waals surface area contributed by atoms with Gasteiger partial charge in [0.25, 0.3) is 0 Å². The lowest BCUT2D eigenvalue weighted by molar-refractivity contribution is -0.174. The van der Waals surface area contributed by atoms with Gasteiger partial charge in [-0.05, 0) is 24.6 Å². The number of esters is 2. The molecule has 0 aliphatic heterocycles. The number of rotatable bonds is 9. The first-order valence-corrected chi connectivity index (χ1v) is 9.92. The molecule has 1 aromatic carbocycles. The lowest BCUT2D eigenvalue weighted by Crippen LogP contribution is -2.55. The summed E-state index contributed by atoms with van der Waals surface area (Å²) in [6.45, 7) is 1.67. The molecule has 1 aliphatic carbocycles. The number of halogens is 1. The van der Waals surface area contributed by atoms with Crippen molar-refractivity contribution in [2.45, 2.75) is 24.9 Å². The van der Waals surface area contributed by atoms with Crippen LogP contribution >= 0.6 is 11.6 Å². The maximum absolute atomic E-state index is 12.9. The molecule has 1 saturated carbocycles. The fourth-order valence-electron chi connectivity index (χ4n) is 3.73. The molecule has 9 heteroatoms. The third-order valence-electron chi connectivity index (χ3n) is 5.09. The number of hydrogen-bond acceptors (Lipinski definition) is 8. The van der Waals surface area contributed by atoms with Crippen molar-refractivity contribution in [2.75, 3.05) is 40.6 Å². The van der Waals surface area contributed by atoms with Crippen molar-refractivity contribution in [2.24, 2.45) is 11.8 Å². The molecule has 4 atom stereocenters. The summed E-state index contributed by atoms with van der Waals surface area (Å²) in [5.41, 5.74) is -1.22. The van der Waals surface area contributed by atoms with E-state index in [9.17, 15) is 19.5 Å². The maximum atomic E-state index is 12.9. The Kier molecular flexibility index (Phi) is 8.78. The first kappa shape index (κ1) is 24.3. The normalized spacial score (nSPS) is 26.3. The zero-order valence-electron chi connectivity index (χ0n) is 17.3. The second-order valence-electron chi connectivity index (χ2n) is 7.35. The highest BCUT2D eigenvalue weighted by Crippen LogP contribution is 2.46. The maximum Gasteiger partial charge on any atom is 0.317 e. The highest BCUT2D eigenvalue weighted by Gasteiger charge is 2.57. The first-order valence-electron chi connectivity index (χ1n) is 9.54. The van der Waals surface area contributed by atoms with Gasteiger partial charge in [0.1, 0.15) is 19.1 Å². The molecule has 1 N–H and O–H groups in total. The molecule has 8 nitrogen and oxygen atoms in total. The van der Waals surface area contributed by atoms with Crippen LogP contribution in [-0.4, -0.2) is 69.1 Å². The Morgan fingerprint density at radius 2 is 1.57 bits per heavy atom. The summed E-state index contributed by atoms with van der Waals surface area (Å²) in [6, 6.07) is 6.41. The molecule has 0 aromatic heterocycles. The molecule has 0 bridgehead atoms. The van der Waals surface area contributed by atoms with Crippen molar-refractivity contribution in [1.82, 2.24) is 0 Å². The summed E-state index contributed by atoms with van der Waals surface area (Å²) >= 11 is 5.97. The molecule has 0 amide bonds. The number of aliphatic hydroxyl groups is 1. The van der Waals surface area contributed by atoms with E-state index in [-0.39, 0.29) is 32.8 Å². The van der Waals surface area contributed by atoms with Crippen molar-refractivity contribution >= 4 is 29.3 Å². The zero-order valence-corrected chi connectivity index (χ0v) is 18.0. The quantitative estimate of drug-likeness (QED) is 0.350. The minimum atomic E-state index is -1.71. The van der Waals surface area contributed by atoms with Crippen molar-refractivity contribution < 1.29 is 38.4 Å². The molecule has 166 valence electrons. The topological polar surface area (TPSA) is 108 Å². The Balaban J connectivity index is 2.46. The number of hydrogen-bond donors (Lipinski definition) is 1. The summed E-state index contributed by atoms with van der Waals surface area (Å²) in [4.78, 5) is 38.6. The van der Waals surface area contributed by atoms with E-state index >= 15 is 0 Å². The van der Waals surface area contributed by atoms with E-state index in [1.54, 1.807) is 24.3 Å². The van der Waals surface area contributed by atoms with Crippen molar-refractivity contribution in [3.05, 3.63) is 34.9 Å². The van der Waals surface area contributed by atoms with Crippen LogP contribution in [0, 0.1) is 11.8 Å². The van der Waals surface area contributed by atoms with E-state index in [1.165, 1.54) is 21.1 Å². The van der Waals surface area contributed by atoms with Crippen molar-refractivity contribution in [3.63, 3.8) is 0 Å². The molecule has 0 radical (unpaired) electrons. The van der Waals surface area contributed by atoms with E-state index in [2.05, 4.69) is 0 Å². The second-order valence-corrected chi connectivity index (χ2v) is 7.79. The van der Waals surface area contributed by atoms with Gasteiger partial charge in [0.2, 0.25) is 0 Å². The van der Waals surface area contributed by atoms with Gasteiger partial charge in [0, 0.05) is 31.6 Å². The third kappa shape index (κ3) is 5.78. The number of methoxy groups -OCH3 is 2. The summed E-state index contributed by atoms with van der Waals surface area (Å²) in [5, 5.41) is 11.4. The standard InChI is InChI=1S/C21H27ClO8/c1-21(26)12-15(23)17(19(24)29-10-8-27-2)16(13-4-6-14(22)7-5-13)18(21)20(25)30-11-9-28-3/h4-7,16-18,26H,8-12H2,1-3H3. The van der Waals surface area contributed by atoms with E-state index in [0.717, 1.165) is 0 Å². The number of carbonyl (C=O) groups is 3. The summed E-state index contributed by atoms with van der Waals surface area (Å²) in [5.74, 6) is -5.44. The number of benzene rings is 1. The predicted molar refractivity (Wildman–Crippen MR) is 107 cm³/mol. The van der Waals surface area contributed by atoms with Gasteiger partial charge in [-0.2, -0.15) is 0 Å². The van der Waals surface area contributed by atoms with Crippen LogP contribution in [-0.2, 0) is 33.3 Å². The summed E-state index contributed by atoms with van der Waals surface area (Å²) in [6.07, 6.45) is -0.384. The molecule has 30 heavy (non-hydrogen) atoms. The van der Waals surface area contributed by atoms with E-state index in [0.29, 0.717) is 10.6 Å². The Morgan fingerprint density at radius 1 is 1.03 bits per heavy atom. The smallest absolute Gasteiger partial charge is 0.317 e. The molecular weight excluding hydrogens is 416 g/mol. The van der Waals surface area contributed by atoms with Gasteiger partial charge >= 0.3 is 11.9 Å². The Labute approximate surface area is 180 Å². The largest absolute Gasteiger partial charge is 0.463 e. The molecule has 4 unspecified atom stereocenters. The highest BCUT2D eigenvalue weighted by molar-refractivity contribution is 6.30. The van der Waals surface area contributed by atoms with E-state index in [1.807, 2.05) is 0 Å². The van der Waals surface area contributed by atoms with E-state index in [4.69, 9.17) is 30.5 Å². The van der Waals surface area contributed by atoms with Gasteiger partial charge < -0.3 is 24.1 Å². The average molecular weight is 443 g/mol. The Bertz CT molecular complexity index is 746. The van der Waals surface area contributed by atoms with Crippen LogP contribution in [0.1, 0.15) is 24.8 Å². The molecule has 0 spiro atoms. The molecule has 1 aliphatic rings. The number of ether oxygens (including phenoxy) is 4. The van der Waals surface area contributed by atoms with Crippen LogP contribution in [0.25, 0.3) is 0 Å². The third-order valence-corrected chi connectivity index (χ3v) is 5.35. The van der Waals surface area contributed by atoms with Gasteiger partial charge in [0.05, 0.1) is 24.7 Å². The number of Topliss-reactive ketones (excluding diaryl/α,β-unsaturated/α-hetero) is 1. The van der Waals surface area contributed by atoms with Crippen LogP contribution in [0.3, 0.4) is 0 Å². The Hall–Kier alpha value is -2.00. The van der Waals surface area contributed by atoms with Gasteiger partial charge in [-0.15, -0.1) is 0 Å². The first-order chi connectivity index (χ1) is 14.2. The highest BCUT2D eigenvalue weighted by atomic mass is 35.5. The van der Waals surface area contributed by atoms with Crippen LogP contribution in [0.15, 0.2) is 24.3 Å². The van der Waals surface area contributed by atoms with Gasteiger partial charge in [-0.1, -0.05) is 23.7 Å². The number of carbonyl (C=O) groups excluding carboxylic acids is 3. The average Bonchev–Trinajstić information content (AvgIpc) is 2.67. The van der Waals surface area contributed by atoms with Crippen molar-refractivity contribution in [1.29, 1.82) is 0 Å². The molecule has 0 saturated heterocycles. The van der Waals surface area contributed by atoms with Gasteiger partial charge in [-0.3, -0.25) is 14.4 Å². The molecule has 1 aromatic rings. The fraction of sp³-hybridized carbons (Fsp3) is 0.571. The summed E-state index contributed by atoms with van der Waals surface area (Å²) < 4.78 is 20.2. The van der Waals surface area contributed by atoms with Crippen LogP contribution in [0.2, 0.25) is 5.02 Å². The SMILES string of the molecule is COCCOC(=O)C1C(=O)CC(C)(O)C(C(=O)OCCOC)C1c1ccc(Cl)cc1. The van der Waals surface area contributed by atoms with Crippen LogP contribution in [0.5, 0.6) is 0 Å². The fourth-order valence-corrected chi connectivity index (χ4v) is 3.86. The van der Waals surface area contributed by atoms with Crippen LogP contribution < -0.4 is 0 Å². The molecule has 1 fully saturated rings. The Morgan fingerprint density at radius 3 is 2.10 bits per heavy atom. The lowest BCUT2D eigenvalue weighted by atomic mass is 9.62. The van der Waals surface area contributed by atoms with Gasteiger partial charge in [-0.25, -0.2) is 0 Å². The minimum absolute atomic E-state index is 0.0217. The van der Waals surface area contributed by atoms with Crippen LogP contribution in [0.4, 0.5) is 0 Å². The lowest BCUT2D eigenvalue weighted by Gasteiger charge is -2.43. The van der Waals surface area contributed by atoms with E-state index < -0.39 is 41.1 Å². The molecule has 0 heterocycles. The molecular formula is C21H27ClO8. The predicted octanol–water partition coefficient (Wildman–Crippen LogP) is 1.76.